The van der Waals surface area contributed by atoms with Gasteiger partial charge in [0.15, 0.2) is 0 Å². The Bertz CT molecular complexity index is 366. The lowest BCUT2D eigenvalue weighted by molar-refractivity contribution is 0.0588. The Hall–Kier alpha value is -0.0700. The summed E-state index contributed by atoms with van der Waals surface area (Å²) in [5, 5.41) is 5.84. The number of ether oxygens (including phenoxy) is 1. The molecule has 5 heteroatoms. The normalized spacial score (nSPS) is 26.6. The first-order valence-electron chi connectivity index (χ1n) is 7.18. The molecule has 1 atom stereocenters. The monoisotopic (exact) mass is 298 g/mol. The molecule has 2 fully saturated rings. The molecular formula is C14H22N2OS2. The maximum absolute atomic E-state index is 5.45. The fourth-order valence-corrected chi connectivity index (χ4v) is 4.80. The van der Waals surface area contributed by atoms with Gasteiger partial charge in [-0.3, -0.25) is 0 Å². The molecule has 0 aromatic carbocycles. The standard InChI is InChI=1S/C14H22N2OS2/c1-2-14(18-9-1)19-16-6-5-15-13(11-16)10-12-3-7-17-8-4-12/h1-2,9,12-13,15H,3-8,10-11H2. The first-order chi connectivity index (χ1) is 9.40. The summed E-state index contributed by atoms with van der Waals surface area (Å²) >= 11 is 3.76. The third kappa shape index (κ3) is 4.20. The van der Waals surface area contributed by atoms with Crippen molar-refractivity contribution in [3.63, 3.8) is 0 Å². The number of hydrogen-bond acceptors (Lipinski definition) is 5. The molecule has 0 bridgehead atoms. The number of piperazine rings is 1. The second kappa shape index (κ2) is 7.09. The van der Waals surface area contributed by atoms with Crippen LogP contribution in [0, 0.1) is 5.92 Å². The van der Waals surface area contributed by atoms with Crippen molar-refractivity contribution in [3.8, 4) is 0 Å². The van der Waals surface area contributed by atoms with Crippen molar-refractivity contribution in [1.29, 1.82) is 0 Å². The maximum atomic E-state index is 5.45. The number of hydrogen-bond donors (Lipinski definition) is 1. The lowest BCUT2D eigenvalue weighted by Gasteiger charge is -2.35. The molecule has 0 radical (unpaired) electrons. The highest BCUT2D eigenvalue weighted by Gasteiger charge is 2.24. The van der Waals surface area contributed by atoms with Crippen LogP contribution in [0.2, 0.25) is 0 Å². The van der Waals surface area contributed by atoms with E-state index in [0.717, 1.165) is 32.2 Å². The van der Waals surface area contributed by atoms with Crippen molar-refractivity contribution in [3.05, 3.63) is 17.5 Å². The predicted octanol–water partition coefficient (Wildman–Crippen LogP) is 2.85. The zero-order valence-corrected chi connectivity index (χ0v) is 12.8. The van der Waals surface area contributed by atoms with Gasteiger partial charge in [-0.05, 0) is 48.6 Å². The van der Waals surface area contributed by atoms with Gasteiger partial charge in [-0.15, -0.1) is 11.3 Å². The van der Waals surface area contributed by atoms with E-state index in [-0.39, 0.29) is 0 Å². The van der Waals surface area contributed by atoms with E-state index in [1.807, 2.05) is 23.3 Å². The van der Waals surface area contributed by atoms with Crippen molar-refractivity contribution in [1.82, 2.24) is 9.62 Å². The summed E-state index contributed by atoms with van der Waals surface area (Å²) in [6, 6.07) is 5.00. The van der Waals surface area contributed by atoms with Crippen LogP contribution >= 0.6 is 23.3 Å². The van der Waals surface area contributed by atoms with Crippen LogP contribution in [-0.2, 0) is 4.74 Å². The molecule has 0 aliphatic carbocycles. The van der Waals surface area contributed by atoms with Crippen LogP contribution in [0.25, 0.3) is 0 Å². The molecule has 3 nitrogen and oxygen atoms in total. The molecular weight excluding hydrogens is 276 g/mol. The zero-order chi connectivity index (χ0) is 12.9. The molecule has 1 N–H and O–H groups in total. The average molecular weight is 298 g/mol. The summed E-state index contributed by atoms with van der Waals surface area (Å²) in [4.78, 5) is 0. The SMILES string of the molecule is c1csc(SN2CCNC(CC3CCOCC3)C2)c1. The van der Waals surface area contributed by atoms with Crippen molar-refractivity contribution in [2.45, 2.75) is 29.5 Å². The highest BCUT2D eigenvalue weighted by Crippen LogP contribution is 2.29. The third-order valence-corrected chi connectivity index (χ3v) is 5.97. The van der Waals surface area contributed by atoms with Crippen molar-refractivity contribution in [2.24, 2.45) is 5.92 Å². The van der Waals surface area contributed by atoms with E-state index < -0.39 is 0 Å². The van der Waals surface area contributed by atoms with Gasteiger partial charge in [-0.1, -0.05) is 6.07 Å². The topological polar surface area (TPSA) is 24.5 Å². The lowest BCUT2D eigenvalue weighted by Crippen LogP contribution is -2.48. The van der Waals surface area contributed by atoms with E-state index in [2.05, 4.69) is 27.1 Å². The highest BCUT2D eigenvalue weighted by atomic mass is 32.2. The van der Waals surface area contributed by atoms with Gasteiger partial charge in [0, 0.05) is 38.9 Å². The molecule has 3 rings (SSSR count). The molecule has 1 unspecified atom stereocenters. The number of nitrogens with zero attached hydrogens (tertiary/aromatic N) is 1. The molecule has 2 aliphatic rings. The van der Waals surface area contributed by atoms with Crippen LogP contribution in [0.4, 0.5) is 0 Å². The molecule has 2 aliphatic heterocycles. The minimum absolute atomic E-state index is 0.657. The number of thiophene rings is 1. The molecule has 19 heavy (non-hydrogen) atoms. The van der Waals surface area contributed by atoms with Crippen LogP contribution in [0.15, 0.2) is 21.7 Å². The van der Waals surface area contributed by atoms with Gasteiger partial charge in [-0.2, -0.15) is 0 Å². The van der Waals surface area contributed by atoms with Gasteiger partial charge >= 0.3 is 0 Å². The summed E-state index contributed by atoms with van der Waals surface area (Å²) in [5.41, 5.74) is 0. The minimum Gasteiger partial charge on any atom is -0.381 e. The van der Waals surface area contributed by atoms with Gasteiger partial charge in [0.05, 0.1) is 4.21 Å². The smallest absolute Gasteiger partial charge is 0.0753 e. The molecule has 0 saturated carbocycles. The summed E-state index contributed by atoms with van der Waals surface area (Å²) in [5.74, 6) is 0.859. The molecule has 1 aromatic heterocycles. The van der Waals surface area contributed by atoms with Crippen LogP contribution in [0.3, 0.4) is 0 Å². The molecule has 1 aromatic rings. The van der Waals surface area contributed by atoms with Crippen LogP contribution in [-0.4, -0.2) is 43.2 Å². The fourth-order valence-electron chi connectivity index (χ4n) is 2.86. The molecule has 2 saturated heterocycles. The largest absolute Gasteiger partial charge is 0.381 e. The molecule has 0 spiro atoms. The molecule has 0 amide bonds. The zero-order valence-electron chi connectivity index (χ0n) is 11.2. The van der Waals surface area contributed by atoms with E-state index in [1.54, 1.807) is 0 Å². The lowest BCUT2D eigenvalue weighted by atomic mass is 9.92. The second-order valence-electron chi connectivity index (χ2n) is 5.35. The van der Waals surface area contributed by atoms with E-state index in [0.29, 0.717) is 6.04 Å². The number of rotatable bonds is 4. The molecule has 106 valence electrons. The Morgan fingerprint density at radius 3 is 3.11 bits per heavy atom. The summed E-state index contributed by atoms with van der Waals surface area (Å²) < 4.78 is 9.38. The molecule has 3 heterocycles. The summed E-state index contributed by atoms with van der Waals surface area (Å²) in [6.07, 6.45) is 3.80. The van der Waals surface area contributed by atoms with Crippen LogP contribution < -0.4 is 5.32 Å². The van der Waals surface area contributed by atoms with E-state index in [4.69, 9.17) is 4.74 Å². The van der Waals surface area contributed by atoms with Crippen molar-refractivity contribution in [2.75, 3.05) is 32.8 Å². The Labute approximate surface area is 123 Å². The Kier molecular flexibility index (Phi) is 5.18. The predicted molar refractivity (Wildman–Crippen MR) is 81.7 cm³/mol. The van der Waals surface area contributed by atoms with Crippen LogP contribution in [0.5, 0.6) is 0 Å². The van der Waals surface area contributed by atoms with Gasteiger partial charge in [0.1, 0.15) is 0 Å². The van der Waals surface area contributed by atoms with Gasteiger partial charge in [0.25, 0.3) is 0 Å². The maximum Gasteiger partial charge on any atom is 0.0753 e. The third-order valence-electron chi connectivity index (χ3n) is 3.89. The summed E-state index contributed by atoms with van der Waals surface area (Å²) in [7, 11) is 0. The number of nitrogens with one attached hydrogen (secondary N) is 1. The van der Waals surface area contributed by atoms with Gasteiger partial charge in [0.2, 0.25) is 0 Å². The quantitative estimate of drug-likeness (QED) is 0.864. The second-order valence-corrected chi connectivity index (χ2v) is 7.70. The first-order valence-corrected chi connectivity index (χ1v) is 8.83. The highest BCUT2D eigenvalue weighted by molar-refractivity contribution is 7.98. The van der Waals surface area contributed by atoms with E-state index in [1.165, 1.54) is 30.0 Å². The fraction of sp³-hybridized carbons (Fsp3) is 0.714. The van der Waals surface area contributed by atoms with E-state index >= 15 is 0 Å². The van der Waals surface area contributed by atoms with Gasteiger partial charge < -0.3 is 10.1 Å². The van der Waals surface area contributed by atoms with Crippen molar-refractivity contribution >= 4 is 23.3 Å². The minimum atomic E-state index is 0.657. The van der Waals surface area contributed by atoms with Crippen molar-refractivity contribution < 1.29 is 4.74 Å². The van der Waals surface area contributed by atoms with E-state index in [9.17, 15) is 0 Å². The van der Waals surface area contributed by atoms with Gasteiger partial charge in [-0.25, -0.2) is 4.31 Å². The average Bonchev–Trinajstić information content (AvgIpc) is 2.93. The Morgan fingerprint density at radius 1 is 1.42 bits per heavy atom. The van der Waals surface area contributed by atoms with Crippen LogP contribution in [0.1, 0.15) is 19.3 Å². The first kappa shape index (κ1) is 13.9. The Balaban J connectivity index is 1.47. The summed E-state index contributed by atoms with van der Waals surface area (Å²) in [6.45, 7) is 5.36. The Morgan fingerprint density at radius 2 is 2.32 bits per heavy atom.